The summed E-state index contributed by atoms with van der Waals surface area (Å²) in [5.74, 6) is 1.12. The maximum atomic E-state index is 12.6. The van der Waals surface area contributed by atoms with E-state index in [0.29, 0.717) is 43.6 Å². The van der Waals surface area contributed by atoms with Crippen molar-refractivity contribution >= 4 is 17.4 Å². The molecule has 6 nitrogen and oxygen atoms in total. The van der Waals surface area contributed by atoms with Crippen molar-refractivity contribution in [2.24, 2.45) is 0 Å². The molecule has 0 saturated carbocycles. The van der Waals surface area contributed by atoms with Crippen molar-refractivity contribution < 1.29 is 9.53 Å². The van der Waals surface area contributed by atoms with Gasteiger partial charge in [0.05, 0.1) is 13.2 Å². The van der Waals surface area contributed by atoms with Crippen LogP contribution in [-0.4, -0.2) is 47.1 Å². The smallest absolute Gasteiger partial charge is 0.272 e. The summed E-state index contributed by atoms with van der Waals surface area (Å²) in [6.45, 7) is 8.24. The summed E-state index contributed by atoms with van der Waals surface area (Å²) in [6, 6.07) is 7.88. The Balaban J connectivity index is 1.84. The average Bonchev–Trinajstić information content (AvgIpc) is 2.57. The molecule has 1 aromatic carbocycles. The van der Waals surface area contributed by atoms with E-state index in [1.807, 2.05) is 19.1 Å². The highest BCUT2D eigenvalue weighted by molar-refractivity contribution is 5.93. The first-order valence-electron chi connectivity index (χ1n) is 8.10. The molecule has 2 aromatic rings. The number of hydrogen-bond acceptors (Lipinski definition) is 5. The highest BCUT2D eigenvalue weighted by atomic mass is 16.5. The van der Waals surface area contributed by atoms with Gasteiger partial charge in [-0.3, -0.25) is 4.79 Å². The van der Waals surface area contributed by atoms with E-state index in [2.05, 4.69) is 28.3 Å². The lowest BCUT2D eigenvalue weighted by atomic mass is 10.1. The van der Waals surface area contributed by atoms with Crippen LogP contribution in [-0.2, 0) is 4.74 Å². The van der Waals surface area contributed by atoms with Crippen molar-refractivity contribution in [1.29, 1.82) is 0 Å². The van der Waals surface area contributed by atoms with Gasteiger partial charge < -0.3 is 15.0 Å². The number of nitrogens with one attached hydrogen (secondary N) is 1. The number of rotatable bonds is 3. The van der Waals surface area contributed by atoms with E-state index in [4.69, 9.17) is 4.74 Å². The van der Waals surface area contributed by atoms with Crippen molar-refractivity contribution in [1.82, 2.24) is 14.9 Å². The topological polar surface area (TPSA) is 67.4 Å². The van der Waals surface area contributed by atoms with Crippen LogP contribution in [0.5, 0.6) is 0 Å². The standard InChI is InChI=1S/C18H22N4O2/c1-12-4-5-15(13(2)10-12)21-17-11-16(19-14(3)20-17)18(23)22-6-8-24-9-7-22/h4-5,10-11H,6-9H2,1-3H3,(H,19,20,21). The van der Waals surface area contributed by atoms with Gasteiger partial charge in [-0.2, -0.15) is 0 Å². The minimum atomic E-state index is -0.0764. The summed E-state index contributed by atoms with van der Waals surface area (Å²) in [7, 11) is 0. The predicted octanol–water partition coefficient (Wildman–Crippen LogP) is 2.62. The third kappa shape index (κ3) is 3.71. The molecular weight excluding hydrogens is 304 g/mol. The van der Waals surface area contributed by atoms with Crippen LogP contribution in [0, 0.1) is 20.8 Å². The first kappa shape index (κ1) is 16.4. The van der Waals surface area contributed by atoms with Crippen LogP contribution in [0.1, 0.15) is 27.4 Å². The van der Waals surface area contributed by atoms with E-state index in [-0.39, 0.29) is 5.91 Å². The highest BCUT2D eigenvalue weighted by Crippen LogP contribution is 2.21. The number of aryl methyl sites for hydroxylation is 3. The summed E-state index contributed by atoms with van der Waals surface area (Å²) in [4.78, 5) is 23.1. The first-order chi connectivity index (χ1) is 11.5. The third-order valence-corrected chi connectivity index (χ3v) is 4.00. The molecule has 2 heterocycles. The zero-order valence-electron chi connectivity index (χ0n) is 14.3. The van der Waals surface area contributed by atoms with E-state index < -0.39 is 0 Å². The molecule has 1 N–H and O–H groups in total. The summed E-state index contributed by atoms with van der Waals surface area (Å²) in [6.07, 6.45) is 0. The molecule has 0 spiro atoms. The number of benzene rings is 1. The van der Waals surface area contributed by atoms with Crippen LogP contribution in [0.25, 0.3) is 0 Å². The first-order valence-corrected chi connectivity index (χ1v) is 8.10. The van der Waals surface area contributed by atoms with Gasteiger partial charge in [0.25, 0.3) is 5.91 Å². The highest BCUT2D eigenvalue weighted by Gasteiger charge is 2.20. The Kier molecular flexibility index (Phi) is 4.76. The molecule has 1 saturated heterocycles. The minimum absolute atomic E-state index is 0.0764. The van der Waals surface area contributed by atoms with Crippen molar-refractivity contribution in [2.45, 2.75) is 20.8 Å². The lowest BCUT2D eigenvalue weighted by molar-refractivity contribution is 0.0299. The average molecular weight is 326 g/mol. The summed E-state index contributed by atoms with van der Waals surface area (Å²) < 4.78 is 5.30. The fourth-order valence-electron chi connectivity index (χ4n) is 2.76. The summed E-state index contributed by atoms with van der Waals surface area (Å²) >= 11 is 0. The number of nitrogens with zero attached hydrogens (tertiary/aromatic N) is 3. The maximum absolute atomic E-state index is 12.6. The lowest BCUT2D eigenvalue weighted by Gasteiger charge is -2.26. The van der Waals surface area contributed by atoms with E-state index in [1.165, 1.54) is 5.56 Å². The van der Waals surface area contributed by atoms with Gasteiger partial charge in [-0.15, -0.1) is 0 Å². The van der Waals surface area contributed by atoms with Gasteiger partial charge in [0.1, 0.15) is 17.3 Å². The predicted molar refractivity (Wildman–Crippen MR) is 92.7 cm³/mol. The van der Waals surface area contributed by atoms with Gasteiger partial charge in [-0.25, -0.2) is 9.97 Å². The number of hydrogen-bond donors (Lipinski definition) is 1. The SMILES string of the molecule is Cc1ccc(Nc2cc(C(=O)N3CCOCC3)nc(C)n2)c(C)c1. The number of carbonyl (C=O) groups excluding carboxylic acids is 1. The van der Waals surface area contributed by atoms with Gasteiger partial charge in [0, 0.05) is 24.8 Å². The van der Waals surface area contributed by atoms with Gasteiger partial charge in [-0.1, -0.05) is 17.7 Å². The second-order valence-electron chi connectivity index (χ2n) is 6.03. The van der Waals surface area contributed by atoms with Crippen LogP contribution in [0.2, 0.25) is 0 Å². The van der Waals surface area contributed by atoms with E-state index in [1.54, 1.807) is 17.9 Å². The van der Waals surface area contributed by atoms with Crippen molar-refractivity contribution in [2.75, 3.05) is 31.6 Å². The molecule has 24 heavy (non-hydrogen) atoms. The Bertz CT molecular complexity index is 755. The Hall–Kier alpha value is -2.47. The zero-order chi connectivity index (χ0) is 17.1. The number of anilines is 2. The molecular formula is C18H22N4O2. The molecule has 1 aromatic heterocycles. The van der Waals surface area contributed by atoms with Gasteiger partial charge in [0.2, 0.25) is 0 Å². The van der Waals surface area contributed by atoms with Crippen LogP contribution in [0.3, 0.4) is 0 Å². The minimum Gasteiger partial charge on any atom is -0.378 e. The normalized spacial score (nSPS) is 14.5. The molecule has 6 heteroatoms. The molecule has 0 aliphatic carbocycles. The molecule has 0 radical (unpaired) electrons. The molecule has 1 fully saturated rings. The van der Waals surface area contributed by atoms with Crippen LogP contribution in [0.4, 0.5) is 11.5 Å². The Morgan fingerprint density at radius 1 is 1.12 bits per heavy atom. The van der Waals surface area contributed by atoms with Crippen molar-refractivity contribution in [3.05, 3.63) is 46.9 Å². The Labute approximate surface area is 141 Å². The maximum Gasteiger partial charge on any atom is 0.272 e. The number of carbonyl (C=O) groups is 1. The fourth-order valence-corrected chi connectivity index (χ4v) is 2.76. The van der Waals surface area contributed by atoms with Gasteiger partial charge in [-0.05, 0) is 32.4 Å². The van der Waals surface area contributed by atoms with Gasteiger partial charge in [0.15, 0.2) is 0 Å². The van der Waals surface area contributed by atoms with E-state index >= 15 is 0 Å². The van der Waals surface area contributed by atoms with Crippen LogP contribution < -0.4 is 5.32 Å². The quantitative estimate of drug-likeness (QED) is 0.939. The summed E-state index contributed by atoms with van der Waals surface area (Å²) in [5.41, 5.74) is 3.73. The molecule has 0 unspecified atom stereocenters. The molecule has 1 aliphatic heterocycles. The summed E-state index contributed by atoms with van der Waals surface area (Å²) in [5, 5.41) is 3.29. The largest absolute Gasteiger partial charge is 0.378 e. The van der Waals surface area contributed by atoms with Gasteiger partial charge >= 0.3 is 0 Å². The number of aromatic nitrogens is 2. The third-order valence-electron chi connectivity index (χ3n) is 4.00. The van der Waals surface area contributed by atoms with Crippen LogP contribution >= 0.6 is 0 Å². The molecule has 1 amide bonds. The second-order valence-corrected chi connectivity index (χ2v) is 6.03. The van der Waals surface area contributed by atoms with E-state index in [0.717, 1.165) is 11.3 Å². The number of morpholine rings is 1. The molecule has 126 valence electrons. The van der Waals surface area contributed by atoms with Crippen molar-refractivity contribution in [3.63, 3.8) is 0 Å². The van der Waals surface area contributed by atoms with Crippen molar-refractivity contribution in [3.8, 4) is 0 Å². The zero-order valence-corrected chi connectivity index (χ0v) is 14.3. The number of ether oxygens (including phenoxy) is 1. The van der Waals surface area contributed by atoms with E-state index in [9.17, 15) is 4.79 Å². The monoisotopic (exact) mass is 326 g/mol. The number of amides is 1. The molecule has 3 rings (SSSR count). The molecule has 0 bridgehead atoms. The fraction of sp³-hybridized carbons (Fsp3) is 0.389. The molecule has 0 atom stereocenters. The Morgan fingerprint density at radius 2 is 1.88 bits per heavy atom. The second kappa shape index (κ2) is 6.97. The molecule has 1 aliphatic rings. The van der Waals surface area contributed by atoms with Crippen LogP contribution in [0.15, 0.2) is 24.3 Å². The Morgan fingerprint density at radius 3 is 2.58 bits per heavy atom. The lowest BCUT2D eigenvalue weighted by Crippen LogP contribution is -2.41.